The number of rotatable bonds is 4. The Kier molecular flexibility index (Phi) is 3.65. The molecular formula is C13H22N2S. The molecule has 1 aromatic rings. The standard InChI is InChI=1S/C13H22N2S/c1-4-7-14-9-12-15-10-5-6-13(2,3)8-11(10)16-12/h14H,4-9H2,1-3H3. The van der Waals surface area contributed by atoms with Crippen molar-refractivity contribution in [1.29, 1.82) is 0 Å². The Bertz CT molecular complexity index is 355. The first kappa shape index (κ1) is 12.1. The molecule has 0 spiro atoms. The van der Waals surface area contributed by atoms with Gasteiger partial charge in [-0.3, -0.25) is 0 Å². The maximum absolute atomic E-state index is 4.74. The van der Waals surface area contributed by atoms with Gasteiger partial charge in [0.2, 0.25) is 0 Å². The Balaban J connectivity index is 2.01. The van der Waals surface area contributed by atoms with E-state index in [0.29, 0.717) is 5.41 Å². The van der Waals surface area contributed by atoms with E-state index in [1.807, 2.05) is 11.3 Å². The topological polar surface area (TPSA) is 24.9 Å². The molecule has 3 heteroatoms. The summed E-state index contributed by atoms with van der Waals surface area (Å²) < 4.78 is 0. The van der Waals surface area contributed by atoms with Crippen LogP contribution in [-0.2, 0) is 19.4 Å². The van der Waals surface area contributed by atoms with Crippen molar-refractivity contribution in [3.05, 3.63) is 15.6 Å². The summed E-state index contributed by atoms with van der Waals surface area (Å²) in [5, 5.41) is 4.70. The van der Waals surface area contributed by atoms with Crippen LogP contribution in [0.2, 0.25) is 0 Å². The van der Waals surface area contributed by atoms with Gasteiger partial charge >= 0.3 is 0 Å². The van der Waals surface area contributed by atoms with E-state index in [-0.39, 0.29) is 0 Å². The van der Waals surface area contributed by atoms with E-state index in [1.54, 1.807) is 0 Å². The molecule has 0 saturated carbocycles. The molecule has 0 aliphatic heterocycles. The van der Waals surface area contributed by atoms with Crippen LogP contribution in [0.5, 0.6) is 0 Å². The number of hydrogen-bond donors (Lipinski definition) is 1. The summed E-state index contributed by atoms with van der Waals surface area (Å²) in [5.41, 5.74) is 1.85. The predicted octanol–water partition coefficient (Wildman–Crippen LogP) is 3.16. The fraction of sp³-hybridized carbons (Fsp3) is 0.769. The molecule has 0 atom stereocenters. The van der Waals surface area contributed by atoms with Gasteiger partial charge in [0.25, 0.3) is 0 Å². The van der Waals surface area contributed by atoms with Crippen molar-refractivity contribution < 1.29 is 0 Å². The van der Waals surface area contributed by atoms with Gasteiger partial charge in [-0.15, -0.1) is 11.3 Å². The predicted molar refractivity (Wildman–Crippen MR) is 69.9 cm³/mol. The number of aromatic nitrogens is 1. The van der Waals surface area contributed by atoms with Crippen molar-refractivity contribution in [3.8, 4) is 0 Å². The molecule has 16 heavy (non-hydrogen) atoms. The second kappa shape index (κ2) is 4.84. The van der Waals surface area contributed by atoms with Gasteiger partial charge in [-0.2, -0.15) is 0 Å². The molecule has 0 aromatic carbocycles. The lowest BCUT2D eigenvalue weighted by molar-refractivity contribution is 0.316. The van der Waals surface area contributed by atoms with E-state index in [4.69, 9.17) is 4.98 Å². The van der Waals surface area contributed by atoms with Crippen molar-refractivity contribution in [2.24, 2.45) is 5.41 Å². The summed E-state index contributed by atoms with van der Waals surface area (Å²) >= 11 is 1.91. The summed E-state index contributed by atoms with van der Waals surface area (Å²) in [7, 11) is 0. The second-order valence-corrected chi connectivity index (χ2v) is 6.66. The van der Waals surface area contributed by atoms with Crippen LogP contribution in [0.4, 0.5) is 0 Å². The summed E-state index contributed by atoms with van der Waals surface area (Å²) in [4.78, 5) is 6.28. The van der Waals surface area contributed by atoms with E-state index >= 15 is 0 Å². The van der Waals surface area contributed by atoms with Crippen LogP contribution in [0.1, 0.15) is 49.2 Å². The van der Waals surface area contributed by atoms with Crippen molar-refractivity contribution >= 4 is 11.3 Å². The molecule has 90 valence electrons. The van der Waals surface area contributed by atoms with Gasteiger partial charge < -0.3 is 5.32 Å². The van der Waals surface area contributed by atoms with Crippen LogP contribution >= 0.6 is 11.3 Å². The minimum absolute atomic E-state index is 0.480. The van der Waals surface area contributed by atoms with Crippen LogP contribution in [0.25, 0.3) is 0 Å². The summed E-state index contributed by atoms with van der Waals surface area (Å²) in [6.07, 6.45) is 4.87. The Morgan fingerprint density at radius 3 is 3.00 bits per heavy atom. The van der Waals surface area contributed by atoms with Crippen LogP contribution in [-0.4, -0.2) is 11.5 Å². The number of fused-ring (bicyclic) bond motifs is 1. The molecule has 0 fully saturated rings. The lowest BCUT2D eigenvalue weighted by atomic mass is 9.79. The van der Waals surface area contributed by atoms with E-state index in [0.717, 1.165) is 13.1 Å². The average molecular weight is 238 g/mol. The van der Waals surface area contributed by atoms with Crippen molar-refractivity contribution in [3.63, 3.8) is 0 Å². The Morgan fingerprint density at radius 1 is 1.44 bits per heavy atom. The van der Waals surface area contributed by atoms with Crippen LogP contribution < -0.4 is 5.32 Å². The SMILES string of the molecule is CCCNCc1nc2c(s1)CC(C)(C)CC2. The molecule has 0 unspecified atom stereocenters. The van der Waals surface area contributed by atoms with Gasteiger partial charge in [-0.25, -0.2) is 4.98 Å². The summed E-state index contributed by atoms with van der Waals surface area (Å²) in [5.74, 6) is 0. The molecule has 1 aliphatic rings. The molecule has 2 nitrogen and oxygen atoms in total. The highest BCUT2D eigenvalue weighted by Crippen LogP contribution is 2.37. The average Bonchev–Trinajstić information content (AvgIpc) is 2.58. The van der Waals surface area contributed by atoms with Gasteiger partial charge in [0, 0.05) is 11.4 Å². The van der Waals surface area contributed by atoms with Crippen LogP contribution in [0, 0.1) is 5.41 Å². The zero-order valence-corrected chi connectivity index (χ0v) is 11.4. The third kappa shape index (κ3) is 2.83. The lowest BCUT2D eigenvalue weighted by Crippen LogP contribution is -2.20. The van der Waals surface area contributed by atoms with Gasteiger partial charge in [-0.1, -0.05) is 20.8 Å². The van der Waals surface area contributed by atoms with Crippen LogP contribution in [0.3, 0.4) is 0 Å². The summed E-state index contributed by atoms with van der Waals surface area (Å²) in [6, 6.07) is 0. The number of nitrogens with zero attached hydrogens (tertiary/aromatic N) is 1. The van der Waals surface area contributed by atoms with Gasteiger partial charge in [-0.05, 0) is 37.6 Å². The molecule has 2 rings (SSSR count). The Labute approximate surface area is 102 Å². The fourth-order valence-electron chi connectivity index (χ4n) is 2.20. The maximum atomic E-state index is 4.74. The highest BCUT2D eigenvalue weighted by molar-refractivity contribution is 7.11. The second-order valence-electron chi connectivity index (χ2n) is 5.50. The van der Waals surface area contributed by atoms with Gasteiger partial charge in [0.05, 0.1) is 5.69 Å². The number of hydrogen-bond acceptors (Lipinski definition) is 3. The zero-order chi connectivity index (χ0) is 11.6. The van der Waals surface area contributed by atoms with E-state index < -0.39 is 0 Å². The molecule has 1 heterocycles. The number of thiazole rings is 1. The van der Waals surface area contributed by atoms with Crippen LogP contribution in [0.15, 0.2) is 0 Å². The molecule has 0 amide bonds. The van der Waals surface area contributed by atoms with E-state index in [1.165, 1.54) is 41.3 Å². The maximum Gasteiger partial charge on any atom is 0.107 e. The highest BCUT2D eigenvalue weighted by Gasteiger charge is 2.27. The largest absolute Gasteiger partial charge is 0.310 e. The zero-order valence-electron chi connectivity index (χ0n) is 10.6. The molecule has 0 bridgehead atoms. The number of nitrogens with one attached hydrogen (secondary N) is 1. The van der Waals surface area contributed by atoms with E-state index in [2.05, 4.69) is 26.1 Å². The molecule has 1 N–H and O–H groups in total. The molecule has 1 aliphatic carbocycles. The Hall–Kier alpha value is -0.410. The number of aryl methyl sites for hydroxylation is 1. The minimum atomic E-state index is 0.480. The molecule has 0 radical (unpaired) electrons. The monoisotopic (exact) mass is 238 g/mol. The smallest absolute Gasteiger partial charge is 0.107 e. The third-order valence-corrected chi connectivity index (χ3v) is 4.30. The highest BCUT2D eigenvalue weighted by atomic mass is 32.1. The van der Waals surface area contributed by atoms with Crippen molar-refractivity contribution in [2.75, 3.05) is 6.54 Å². The summed E-state index contributed by atoms with van der Waals surface area (Å²) in [6.45, 7) is 8.97. The normalized spacial score (nSPS) is 18.4. The lowest BCUT2D eigenvalue weighted by Gasteiger charge is -2.28. The van der Waals surface area contributed by atoms with Gasteiger partial charge in [0.1, 0.15) is 5.01 Å². The van der Waals surface area contributed by atoms with Gasteiger partial charge in [0.15, 0.2) is 0 Å². The quantitative estimate of drug-likeness (QED) is 0.815. The molecule has 1 aromatic heterocycles. The Morgan fingerprint density at radius 2 is 2.25 bits per heavy atom. The molecule has 0 saturated heterocycles. The first-order valence-electron chi connectivity index (χ1n) is 6.29. The minimum Gasteiger partial charge on any atom is -0.310 e. The first-order chi connectivity index (χ1) is 7.61. The fourth-order valence-corrected chi connectivity index (χ4v) is 3.54. The first-order valence-corrected chi connectivity index (χ1v) is 7.10. The third-order valence-electron chi connectivity index (χ3n) is 3.20. The molecular weight excluding hydrogens is 216 g/mol. The van der Waals surface area contributed by atoms with Crippen molar-refractivity contribution in [2.45, 2.75) is 53.0 Å². The van der Waals surface area contributed by atoms with E-state index in [9.17, 15) is 0 Å². The van der Waals surface area contributed by atoms with Crippen molar-refractivity contribution in [1.82, 2.24) is 10.3 Å².